The van der Waals surface area contributed by atoms with Crippen molar-refractivity contribution in [1.29, 1.82) is 0 Å². The van der Waals surface area contributed by atoms with Crippen LogP contribution in [0.25, 0.3) is 6.08 Å². The zero-order chi connectivity index (χ0) is 17.5. The molecule has 128 valence electrons. The molecule has 0 bridgehead atoms. The van der Waals surface area contributed by atoms with E-state index in [0.29, 0.717) is 5.56 Å². The highest BCUT2D eigenvalue weighted by molar-refractivity contribution is 5.91. The van der Waals surface area contributed by atoms with Crippen molar-refractivity contribution >= 4 is 12.0 Å². The van der Waals surface area contributed by atoms with Gasteiger partial charge in [0.05, 0.1) is 11.7 Å². The van der Waals surface area contributed by atoms with Gasteiger partial charge in [-0.1, -0.05) is 12.1 Å². The van der Waals surface area contributed by atoms with Gasteiger partial charge in [-0.05, 0) is 43.7 Å². The summed E-state index contributed by atoms with van der Waals surface area (Å²) in [5.41, 5.74) is 1.63. The molecule has 1 heterocycles. The highest BCUT2D eigenvalue weighted by Gasteiger charge is 2.11. The van der Waals surface area contributed by atoms with E-state index in [4.69, 9.17) is 0 Å². The Morgan fingerprint density at radius 3 is 2.67 bits per heavy atom. The van der Waals surface area contributed by atoms with E-state index in [2.05, 4.69) is 15.2 Å². The molecule has 1 unspecified atom stereocenters. The van der Waals surface area contributed by atoms with Crippen LogP contribution in [0.5, 0.6) is 5.75 Å². The van der Waals surface area contributed by atoms with Crippen LogP contribution >= 0.6 is 0 Å². The topological polar surface area (TPSA) is 56.2 Å². The van der Waals surface area contributed by atoms with Crippen molar-refractivity contribution in [2.75, 3.05) is 0 Å². The highest BCUT2D eigenvalue weighted by Crippen LogP contribution is 2.16. The minimum atomic E-state index is -2.85. The first-order chi connectivity index (χ1) is 11.5. The van der Waals surface area contributed by atoms with Gasteiger partial charge < -0.3 is 10.1 Å². The standard InChI is InChI=1S/C17H19F2N3O2/c1-3-22-15(10-11-20-22)12(2)21-16(23)9-6-13-4-7-14(8-5-13)24-17(18)19/h4-12,17H,3H2,1-2H3,(H,21,23)/b9-6-. The van der Waals surface area contributed by atoms with E-state index < -0.39 is 6.61 Å². The van der Waals surface area contributed by atoms with Crippen LogP contribution in [0.1, 0.15) is 31.1 Å². The minimum absolute atomic E-state index is 0.0769. The van der Waals surface area contributed by atoms with Crippen LogP contribution in [0.4, 0.5) is 8.78 Å². The van der Waals surface area contributed by atoms with Crippen LogP contribution in [-0.2, 0) is 11.3 Å². The Labute approximate surface area is 138 Å². The molecule has 1 aromatic heterocycles. The van der Waals surface area contributed by atoms with Crippen molar-refractivity contribution in [2.45, 2.75) is 33.0 Å². The lowest BCUT2D eigenvalue weighted by molar-refractivity contribution is -0.117. The summed E-state index contributed by atoms with van der Waals surface area (Å²) in [6.45, 7) is 1.73. The van der Waals surface area contributed by atoms with Gasteiger partial charge in [-0.2, -0.15) is 13.9 Å². The number of rotatable bonds is 7. The Bertz CT molecular complexity index is 696. The molecule has 0 aliphatic carbocycles. The molecule has 0 saturated carbocycles. The Kier molecular flexibility index (Phi) is 6.06. The van der Waals surface area contributed by atoms with Crippen molar-refractivity contribution in [1.82, 2.24) is 15.1 Å². The lowest BCUT2D eigenvalue weighted by Crippen LogP contribution is -2.26. The molecular formula is C17H19F2N3O2. The summed E-state index contributed by atoms with van der Waals surface area (Å²) in [6.07, 6.45) is 4.69. The van der Waals surface area contributed by atoms with Crippen LogP contribution < -0.4 is 10.1 Å². The Balaban J connectivity index is 1.93. The van der Waals surface area contributed by atoms with Gasteiger partial charge in [0, 0.05) is 18.8 Å². The Morgan fingerprint density at radius 1 is 1.33 bits per heavy atom. The Hall–Kier alpha value is -2.70. The van der Waals surface area contributed by atoms with Crippen LogP contribution in [0.3, 0.4) is 0 Å². The monoisotopic (exact) mass is 335 g/mol. The molecule has 0 spiro atoms. The number of hydrogen-bond acceptors (Lipinski definition) is 3. The van der Waals surface area contributed by atoms with Gasteiger partial charge in [-0.25, -0.2) is 0 Å². The van der Waals surface area contributed by atoms with Crippen molar-refractivity contribution < 1.29 is 18.3 Å². The number of ether oxygens (including phenoxy) is 1. The number of hydrogen-bond donors (Lipinski definition) is 1. The van der Waals surface area contributed by atoms with Gasteiger partial charge in [0.15, 0.2) is 0 Å². The summed E-state index contributed by atoms with van der Waals surface area (Å²) in [5, 5.41) is 7.02. The van der Waals surface area contributed by atoms with E-state index in [1.807, 2.05) is 24.6 Å². The molecule has 0 saturated heterocycles. The zero-order valence-corrected chi connectivity index (χ0v) is 13.4. The van der Waals surface area contributed by atoms with Gasteiger partial charge in [0.1, 0.15) is 5.75 Å². The second-order valence-corrected chi connectivity index (χ2v) is 5.08. The first kappa shape index (κ1) is 17.7. The first-order valence-electron chi connectivity index (χ1n) is 7.54. The number of amides is 1. The summed E-state index contributed by atoms with van der Waals surface area (Å²) in [5.74, 6) is -0.174. The molecule has 2 aromatic rings. The molecule has 7 heteroatoms. The second-order valence-electron chi connectivity index (χ2n) is 5.08. The van der Waals surface area contributed by atoms with E-state index >= 15 is 0 Å². The quantitative estimate of drug-likeness (QED) is 0.789. The number of alkyl halides is 2. The van der Waals surface area contributed by atoms with Crippen molar-refractivity contribution in [3.05, 3.63) is 53.9 Å². The predicted molar refractivity (Wildman–Crippen MR) is 86.6 cm³/mol. The SMILES string of the molecule is CCn1nccc1C(C)NC(=O)/C=C\c1ccc(OC(F)F)cc1. The van der Waals surface area contributed by atoms with Crippen LogP contribution in [0.15, 0.2) is 42.6 Å². The van der Waals surface area contributed by atoms with Crippen molar-refractivity contribution in [2.24, 2.45) is 0 Å². The Morgan fingerprint density at radius 2 is 2.04 bits per heavy atom. The number of halogens is 2. The average molecular weight is 335 g/mol. The van der Waals surface area contributed by atoms with E-state index in [1.165, 1.54) is 18.2 Å². The summed E-state index contributed by atoms with van der Waals surface area (Å²) < 4.78 is 30.2. The zero-order valence-electron chi connectivity index (χ0n) is 13.4. The molecule has 0 radical (unpaired) electrons. The van der Waals surface area contributed by atoms with E-state index in [-0.39, 0.29) is 17.7 Å². The molecule has 1 N–H and O–H groups in total. The summed E-state index contributed by atoms with van der Waals surface area (Å²) in [6, 6.07) is 7.72. The van der Waals surface area contributed by atoms with E-state index in [9.17, 15) is 13.6 Å². The fourth-order valence-corrected chi connectivity index (χ4v) is 2.24. The maximum absolute atomic E-state index is 12.1. The van der Waals surface area contributed by atoms with E-state index in [0.717, 1.165) is 12.2 Å². The highest BCUT2D eigenvalue weighted by atomic mass is 19.3. The normalized spacial score (nSPS) is 12.5. The molecule has 2 rings (SSSR count). The summed E-state index contributed by atoms with van der Waals surface area (Å²) >= 11 is 0. The van der Waals surface area contributed by atoms with E-state index in [1.54, 1.807) is 24.4 Å². The molecule has 1 aromatic carbocycles. The molecule has 1 atom stereocenters. The van der Waals surface area contributed by atoms with Gasteiger partial charge >= 0.3 is 6.61 Å². The van der Waals surface area contributed by atoms with Crippen LogP contribution in [-0.4, -0.2) is 22.3 Å². The number of aryl methyl sites for hydroxylation is 1. The van der Waals surface area contributed by atoms with Gasteiger partial charge in [-0.3, -0.25) is 9.48 Å². The third-order valence-electron chi connectivity index (χ3n) is 3.38. The third-order valence-corrected chi connectivity index (χ3v) is 3.38. The van der Waals surface area contributed by atoms with Crippen LogP contribution in [0.2, 0.25) is 0 Å². The summed E-state index contributed by atoms with van der Waals surface area (Å²) in [4.78, 5) is 12.0. The number of carbonyl (C=O) groups excluding carboxylic acids is 1. The van der Waals surface area contributed by atoms with Gasteiger partial charge in [-0.15, -0.1) is 0 Å². The lowest BCUT2D eigenvalue weighted by atomic mass is 10.2. The smallest absolute Gasteiger partial charge is 0.387 e. The molecule has 0 fully saturated rings. The molecule has 0 aliphatic rings. The predicted octanol–water partition coefficient (Wildman–Crippen LogP) is 3.40. The fourth-order valence-electron chi connectivity index (χ4n) is 2.24. The summed E-state index contributed by atoms with van der Waals surface area (Å²) in [7, 11) is 0. The van der Waals surface area contributed by atoms with Crippen molar-refractivity contribution in [3.63, 3.8) is 0 Å². The first-order valence-corrected chi connectivity index (χ1v) is 7.54. The number of nitrogens with one attached hydrogen (secondary N) is 1. The fraction of sp³-hybridized carbons (Fsp3) is 0.294. The largest absolute Gasteiger partial charge is 0.435 e. The number of benzene rings is 1. The van der Waals surface area contributed by atoms with Gasteiger partial charge in [0.2, 0.25) is 5.91 Å². The number of nitrogens with zero attached hydrogens (tertiary/aromatic N) is 2. The average Bonchev–Trinajstić information content (AvgIpc) is 3.02. The molecule has 24 heavy (non-hydrogen) atoms. The van der Waals surface area contributed by atoms with Crippen molar-refractivity contribution in [3.8, 4) is 5.75 Å². The molecular weight excluding hydrogens is 316 g/mol. The molecule has 0 aliphatic heterocycles. The third kappa shape index (κ3) is 4.91. The minimum Gasteiger partial charge on any atom is -0.435 e. The maximum Gasteiger partial charge on any atom is 0.387 e. The number of carbonyl (C=O) groups is 1. The number of aromatic nitrogens is 2. The molecule has 1 amide bonds. The van der Waals surface area contributed by atoms with Gasteiger partial charge in [0.25, 0.3) is 0 Å². The van der Waals surface area contributed by atoms with Crippen LogP contribution in [0, 0.1) is 0 Å². The second kappa shape index (κ2) is 8.24. The maximum atomic E-state index is 12.1. The lowest BCUT2D eigenvalue weighted by Gasteiger charge is -2.14. The molecule has 5 nitrogen and oxygen atoms in total.